The lowest BCUT2D eigenvalue weighted by Crippen LogP contribution is -2.37. The lowest BCUT2D eigenvalue weighted by Gasteiger charge is -2.30. The number of hydrogen-bond acceptors (Lipinski definition) is 2. The number of fused-ring (bicyclic) bond motifs is 2. The van der Waals surface area contributed by atoms with Gasteiger partial charge in [-0.1, -0.05) is 54.6 Å². The molecule has 6 nitrogen and oxygen atoms in total. The molecule has 0 aromatic heterocycles. The average Bonchev–Trinajstić information content (AvgIpc) is 3.12. The molecule has 0 spiro atoms. The zero-order valence-electron chi connectivity index (χ0n) is 30.2. The fourth-order valence-electron chi connectivity index (χ4n) is 6.41. The maximum atomic E-state index is 13.7. The van der Waals surface area contributed by atoms with Crippen LogP contribution in [0, 0.1) is 0 Å². The van der Waals surface area contributed by atoms with E-state index in [1.165, 1.54) is 23.1 Å². The smallest absolute Gasteiger partial charge is 0.416 e. The van der Waals surface area contributed by atoms with Crippen LogP contribution in [0.25, 0.3) is 32.7 Å². The number of aliphatic hydroxyl groups excluding tert-OH is 2. The number of rotatable bonds is 6. The van der Waals surface area contributed by atoms with Gasteiger partial charge in [0.1, 0.15) is 0 Å². The molecule has 0 aliphatic rings. The molecule has 0 aliphatic carbocycles. The molecule has 3 N–H and O–H groups in total. The van der Waals surface area contributed by atoms with E-state index in [2.05, 4.69) is 15.3 Å². The summed E-state index contributed by atoms with van der Waals surface area (Å²) in [6, 6.07) is 18.0. The molecule has 6 aromatic rings. The highest BCUT2D eigenvalue weighted by atomic mass is 19.4. The van der Waals surface area contributed by atoms with Gasteiger partial charge in [-0.15, -0.1) is 0 Å². The Kier molecular flexibility index (Phi) is 11.0. The standard InChI is InChI=1S/C41H28F12N4O2/c1-21(2)57(37(59)56-30-18-26(40(48,49)50)15-27(19-30)41(51,52)53)34-12-11-22-7-3-6-10-32(22)35(34)33-20-28(13-23-8-4-5-9-31(23)33)54-36(58)55-29-16-24(38(42,43)44)14-25(17-29)39(45,46)47/h3-21H,1-2H3,(H,56,59)(H2,54,55,58). The van der Waals surface area contributed by atoms with Gasteiger partial charge in [0, 0.05) is 17.3 Å². The van der Waals surface area contributed by atoms with Gasteiger partial charge in [0.25, 0.3) is 12.0 Å². The van der Waals surface area contributed by atoms with E-state index in [9.17, 15) is 62.9 Å². The molecule has 0 saturated heterocycles. The third kappa shape index (κ3) is 9.31. The van der Waals surface area contributed by atoms with Gasteiger partial charge < -0.3 is 15.5 Å². The van der Waals surface area contributed by atoms with Crippen molar-refractivity contribution >= 4 is 56.3 Å². The first-order chi connectivity index (χ1) is 27.4. The molecule has 0 radical (unpaired) electrons. The summed E-state index contributed by atoms with van der Waals surface area (Å²) in [6.45, 7) is 3.14. The first kappa shape index (κ1) is 42.2. The maximum Gasteiger partial charge on any atom is 0.416 e. The number of halogens is 12. The molecule has 6 rings (SSSR count). The normalized spacial score (nSPS) is 13.4. The van der Waals surface area contributed by atoms with E-state index in [4.69, 9.17) is 0 Å². The minimum absolute atomic E-state index is 0.0664. The van der Waals surface area contributed by atoms with Gasteiger partial charge in [-0.05, 0) is 95.6 Å². The number of benzene rings is 6. The first-order valence-electron chi connectivity index (χ1n) is 17.2. The van der Waals surface area contributed by atoms with Crippen LogP contribution in [0.5, 0.6) is 0 Å². The van der Waals surface area contributed by atoms with E-state index >= 15 is 0 Å². The molecular formula is C41H28F12N4O2. The SMILES string of the molecule is CC(C)N(C(O)=Nc1cc(C(F)(F)F)cc(C(F)(F)F)c1)c1ccc2ccccc2c1-c1cc(N=C(O)Nc2cc(C(F)(F)F)cc(C(F)(F)F)c2)cc2ccccc12. The molecule has 0 amide bonds. The Hall–Kier alpha value is -6.46. The summed E-state index contributed by atoms with van der Waals surface area (Å²) in [6.07, 6.45) is -20.7. The van der Waals surface area contributed by atoms with Crippen molar-refractivity contribution in [3.05, 3.63) is 131 Å². The number of nitrogens with zero attached hydrogens (tertiary/aromatic N) is 3. The van der Waals surface area contributed by atoms with E-state index in [1.807, 2.05) is 0 Å². The monoisotopic (exact) mass is 836 g/mol. The van der Waals surface area contributed by atoms with Crippen LogP contribution in [0.15, 0.2) is 119 Å². The Bertz CT molecular complexity index is 2550. The highest BCUT2D eigenvalue weighted by molar-refractivity contribution is 6.13. The van der Waals surface area contributed by atoms with Crippen LogP contribution in [0.1, 0.15) is 36.1 Å². The number of alkyl halides is 12. The molecule has 0 unspecified atom stereocenters. The van der Waals surface area contributed by atoms with Gasteiger partial charge in [-0.2, -0.15) is 62.7 Å². The average molecular weight is 837 g/mol. The second-order valence-corrected chi connectivity index (χ2v) is 13.4. The molecule has 0 fully saturated rings. The van der Waals surface area contributed by atoms with Crippen LogP contribution in [0.2, 0.25) is 0 Å². The lowest BCUT2D eigenvalue weighted by molar-refractivity contribution is -0.144. The summed E-state index contributed by atoms with van der Waals surface area (Å²) in [7, 11) is 0. The molecule has 59 heavy (non-hydrogen) atoms. The van der Waals surface area contributed by atoms with E-state index in [0.717, 1.165) is 0 Å². The third-order valence-corrected chi connectivity index (χ3v) is 8.89. The second-order valence-electron chi connectivity index (χ2n) is 13.4. The van der Waals surface area contributed by atoms with Crippen LogP contribution in [0.3, 0.4) is 0 Å². The van der Waals surface area contributed by atoms with Crippen molar-refractivity contribution in [1.29, 1.82) is 0 Å². The van der Waals surface area contributed by atoms with Crippen molar-refractivity contribution < 1.29 is 62.9 Å². The minimum atomic E-state index is -5.19. The molecule has 6 aromatic carbocycles. The van der Waals surface area contributed by atoms with Crippen molar-refractivity contribution in [2.45, 2.75) is 44.6 Å². The Morgan fingerprint density at radius 2 is 1.02 bits per heavy atom. The van der Waals surface area contributed by atoms with Gasteiger partial charge in [0.05, 0.1) is 39.3 Å². The van der Waals surface area contributed by atoms with Crippen LogP contribution in [-0.4, -0.2) is 28.3 Å². The molecule has 18 heteroatoms. The minimum Gasteiger partial charge on any atom is -0.480 e. The quantitative estimate of drug-likeness (QED) is 0.0887. The zero-order valence-corrected chi connectivity index (χ0v) is 30.2. The molecule has 0 atom stereocenters. The number of nitrogens with one attached hydrogen (secondary N) is 1. The van der Waals surface area contributed by atoms with Crippen molar-refractivity contribution in [3.8, 4) is 11.1 Å². The van der Waals surface area contributed by atoms with Crippen molar-refractivity contribution in [1.82, 2.24) is 0 Å². The largest absolute Gasteiger partial charge is 0.480 e. The fraction of sp³-hybridized carbons (Fsp3) is 0.171. The van der Waals surface area contributed by atoms with Crippen molar-refractivity contribution in [3.63, 3.8) is 0 Å². The van der Waals surface area contributed by atoms with Gasteiger partial charge in [-0.25, -0.2) is 0 Å². The first-order valence-corrected chi connectivity index (χ1v) is 17.2. The van der Waals surface area contributed by atoms with Crippen LogP contribution in [0.4, 0.5) is 75.4 Å². The number of hydrogen-bond donors (Lipinski definition) is 3. The van der Waals surface area contributed by atoms with Crippen LogP contribution < -0.4 is 10.2 Å². The van der Waals surface area contributed by atoms with Gasteiger partial charge in [0.15, 0.2) is 0 Å². The summed E-state index contributed by atoms with van der Waals surface area (Å²) >= 11 is 0. The summed E-state index contributed by atoms with van der Waals surface area (Å²) in [5.74, 6) is 0. The highest BCUT2D eigenvalue weighted by Crippen LogP contribution is 2.45. The predicted octanol–water partition coefficient (Wildman–Crippen LogP) is 13.9. The van der Waals surface area contributed by atoms with E-state index in [0.29, 0.717) is 56.9 Å². The Balaban J connectivity index is 1.54. The number of aliphatic hydroxyl groups is 2. The van der Waals surface area contributed by atoms with Crippen LogP contribution >= 0.6 is 0 Å². The molecule has 308 valence electrons. The maximum absolute atomic E-state index is 13.7. The summed E-state index contributed by atoms with van der Waals surface area (Å²) in [5, 5.41) is 26.5. The van der Waals surface area contributed by atoms with Crippen molar-refractivity contribution in [2.75, 3.05) is 10.2 Å². The van der Waals surface area contributed by atoms with Gasteiger partial charge >= 0.3 is 24.7 Å². The lowest BCUT2D eigenvalue weighted by atomic mass is 9.91. The van der Waals surface area contributed by atoms with Gasteiger partial charge in [-0.3, -0.25) is 4.90 Å². The molecule has 0 saturated carbocycles. The van der Waals surface area contributed by atoms with Crippen LogP contribution in [-0.2, 0) is 24.7 Å². The fourth-order valence-corrected chi connectivity index (χ4v) is 6.41. The van der Waals surface area contributed by atoms with E-state index < -0.39 is 76.4 Å². The highest BCUT2D eigenvalue weighted by Gasteiger charge is 2.38. The number of amidine groups is 2. The van der Waals surface area contributed by atoms with E-state index in [1.54, 1.807) is 68.4 Å². The second kappa shape index (κ2) is 15.4. The third-order valence-electron chi connectivity index (χ3n) is 8.89. The number of aliphatic imine (C=N–C) groups is 2. The molecule has 0 bridgehead atoms. The molecular weight excluding hydrogens is 808 g/mol. The Labute approximate surface area is 326 Å². The summed E-state index contributed by atoms with van der Waals surface area (Å²) in [5.41, 5.74) is -7.49. The Morgan fingerprint density at radius 3 is 1.54 bits per heavy atom. The summed E-state index contributed by atoms with van der Waals surface area (Å²) in [4.78, 5) is 9.03. The molecule has 0 aliphatic heterocycles. The van der Waals surface area contributed by atoms with Gasteiger partial charge in [0.2, 0.25) is 0 Å². The van der Waals surface area contributed by atoms with E-state index in [-0.39, 0.29) is 23.5 Å². The summed E-state index contributed by atoms with van der Waals surface area (Å²) < 4.78 is 163. The number of anilines is 2. The zero-order chi connectivity index (χ0) is 43.2. The van der Waals surface area contributed by atoms with Crippen molar-refractivity contribution in [2.24, 2.45) is 9.98 Å². The topological polar surface area (TPSA) is 80.5 Å². The predicted molar refractivity (Wildman–Crippen MR) is 200 cm³/mol. The Morgan fingerprint density at radius 1 is 0.542 bits per heavy atom. The molecule has 0 heterocycles.